The zero-order valence-electron chi connectivity index (χ0n) is 23.5. The molecular formula is C32H30Cl3N3O4S. The summed E-state index contributed by atoms with van der Waals surface area (Å²) in [5.41, 5.74) is 2.38. The lowest BCUT2D eigenvalue weighted by Crippen LogP contribution is -2.53. The summed E-state index contributed by atoms with van der Waals surface area (Å²) in [5.74, 6) is -1.04. The number of benzene rings is 4. The predicted molar refractivity (Wildman–Crippen MR) is 172 cm³/mol. The first-order valence-electron chi connectivity index (χ1n) is 13.3. The molecule has 0 saturated carbocycles. The molecule has 0 aliphatic carbocycles. The van der Waals surface area contributed by atoms with Crippen molar-refractivity contribution >= 4 is 62.3 Å². The van der Waals surface area contributed by atoms with Crippen molar-refractivity contribution in [1.82, 2.24) is 10.2 Å². The third-order valence-electron chi connectivity index (χ3n) is 6.82. The van der Waals surface area contributed by atoms with E-state index < -0.39 is 34.4 Å². The number of sulfonamides is 1. The van der Waals surface area contributed by atoms with Crippen molar-refractivity contribution in [2.24, 2.45) is 0 Å². The van der Waals surface area contributed by atoms with E-state index in [4.69, 9.17) is 34.8 Å². The molecule has 4 rings (SSSR count). The highest BCUT2D eigenvalue weighted by Crippen LogP contribution is 2.33. The van der Waals surface area contributed by atoms with Crippen LogP contribution in [-0.4, -0.2) is 44.8 Å². The van der Waals surface area contributed by atoms with E-state index in [1.807, 2.05) is 37.3 Å². The molecule has 1 N–H and O–H groups in total. The van der Waals surface area contributed by atoms with Gasteiger partial charge in [-0.3, -0.25) is 13.9 Å². The minimum Gasteiger partial charge on any atom is -0.357 e. The third-order valence-corrected chi connectivity index (χ3v) is 9.39. The second-order valence-corrected chi connectivity index (χ2v) is 13.0. The highest BCUT2D eigenvalue weighted by Gasteiger charge is 2.35. The smallest absolute Gasteiger partial charge is 0.264 e. The van der Waals surface area contributed by atoms with Gasteiger partial charge in [0.25, 0.3) is 10.0 Å². The minimum absolute atomic E-state index is 0.00793. The molecule has 0 spiro atoms. The van der Waals surface area contributed by atoms with E-state index >= 15 is 0 Å². The van der Waals surface area contributed by atoms with E-state index in [1.54, 1.807) is 36.4 Å². The number of nitrogens with zero attached hydrogens (tertiary/aromatic N) is 2. The first kappa shape index (κ1) is 32.4. The number of anilines is 1. The fraction of sp³-hybridized carbons (Fsp3) is 0.188. The van der Waals surface area contributed by atoms with Crippen molar-refractivity contribution in [3.05, 3.63) is 129 Å². The van der Waals surface area contributed by atoms with Crippen LogP contribution in [0.4, 0.5) is 5.69 Å². The number of halogens is 3. The van der Waals surface area contributed by atoms with Crippen molar-refractivity contribution < 1.29 is 18.0 Å². The van der Waals surface area contributed by atoms with Crippen molar-refractivity contribution in [2.75, 3.05) is 17.9 Å². The fourth-order valence-corrected chi connectivity index (χ4v) is 6.65. The van der Waals surface area contributed by atoms with E-state index in [1.165, 1.54) is 42.3 Å². The first-order valence-corrected chi connectivity index (χ1v) is 15.9. The number of nitrogens with one attached hydrogen (secondary N) is 1. The van der Waals surface area contributed by atoms with Gasteiger partial charge in [0.05, 0.1) is 15.6 Å². The Morgan fingerprint density at radius 2 is 1.47 bits per heavy atom. The second kappa shape index (κ2) is 14.3. The van der Waals surface area contributed by atoms with Gasteiger partial charge in [0.2, 0.25) is 11.8 Å². The summed E-state index contributed by atoms with van der Waals surface area (Å²) < 4.78 is 29.1. The molecule has 0 saturated heterocycles. The molecule has 2 amide bonds. The monoisotopic (exact) mass is 657 g/mol. The van der Waals surface area contributed by atoms with Gasteiger partial charge in [0, 0.05) is 30.1 Å². The van der Waals surface area contributed by atoms with Gasteiger partial charge < -0.3 is 10.2 Å². The molecule has 0 fully saturated rings. The van der Waals surface area contributed by atoms with Gasteiger partial charge >= 0.3 is 0 Å². The summed E-state index contributed by atoms with van der Waals surface area (Å²) in [6.45, 7) is 1.18. The Morgan fingerprint density at radius 3 is 2.12 bits per heavy atom. The molecule has 4 aromatic rings. The van der Waals surface area contributed by atoms with Crippen LogP contribution < -0.4 is 9.62 Å². The number of carbonyl (C=O) groups is 2. The lowest BCUT2D eigenvalue weighted by molar-refractivity contribution is -0.139. The number of hydrogen-bond donors (Lipinski definition) is 1. The Bertz CT molecular complexity index is 1700. The molecule has 0 bridgehead atoms. The number of rotatable bonds is 11. The summed E-state index contributed by atoms with van der Waals surface area (Å²) in [7, 11) is -2.82. The molecule has 0 radical (unpaired) electrons. The summed E-state index contributed by atoms with van der Waals surface area (Å²) in [6, 6.07) is 25.9. The molecule has 0 heterocycles. The molecular weight excluding hydrogens is 629 g/mol. The molecule has 1 atom stereocenters. The maximum Gasteiger partial charge on any atom is 0.264 e. The SMILES string of the molecule is CNC(=O)[C@@H](Cc1ccccc1)N(Cc1cccc(Cl)c1)C(=O)CN(c1cc(Cl)ccc1Cl)S(=O)(=O)c1ccc(C)cc1. The average Bonchev–Trinajstić information content (AvgIpc) is 2.99. The van der Waals surface area contributed by atoms with Crippen molar-refractivity contribution in [2.45, 2.75) is 30.8 Å². The zero-order chi connectivity index (χ0) is 31.1. The number of carbonyl (C=O) groups excluding carboxylic acids is 2. The summed E-state index contributed by atoms with van der Waals surface area (Å²) in [4.78, 5) is 29.0. The van der Waals surface area contributed by atoms with Gasteiger partial charge in [-0.2, -0.15) is 0 Å². The van der Waals surface area contributed by atoms with Crippen LogP contribution in [0.1, 0.15) is 16.7 Å². The molecule has 224 valence electrons. The Morgan fingerprint density at radius 1 is 0.814 bits per heavy atom. The summed E-state index contributed by atoms with van der Waals surface area (Å²) in [6.07, 6.45) is 0.190. The van der Waals surface area contributed by atoms with Crippen LogP contribution in [0.25, 0.3) is 0 Å². The van der Waals surface area contributed by atoms with Crippen LogP contribution >= 0.6 is 34.8 Å². The Labute approximate surface area is 267 Å². The maximum absolute atomic E-state index is 14.3. The Kier molecular flexibility index (Phi) is 10.7. The van der Waals surface area contributed by atoms with Gasteiger partial charge in [-0.05, 0) is 60.5 Å². The van der Waals surface area contributed by atoms with Gasteiger partial charge in [-0.25, -0.2) is 8.42 Å². The van der Waals surface area contributed by atoms with Gasteiger partial charge in [0.1, 0.15) is 12.6 Å². The van der Waals surface area contributed by atoms with E-state index in [-0.39, 0.29) is 33.6 Å². The van der Waals surface area contributed by atoms with Gasteiger partial charge in [-0.1, -0.05) is 95.0 Å². The van der Waals surface area contributed by atoms with Crippen LogP contribution in [0.15, 0.2) is 102 Å². The van der Waals surface area contributed by atoms with Crippen LogP contribution in [0.2, 0.25) is 15.1 Å². The Hall–Kier alpha value is -3.56. The molecule has 7 nitrogen and oxygen atoms in total. The lowest BCUT2D eigenvalue weighted by Gasteiger charge is -2.34. The maximum atomic E-state index is 14.3. The van der Waals surface area contributed by atoms with E-state index in [2.05, 4.69) is 5.32 Å². The largest absolute Gasteiger partial charge is 0.357 e. The standard InChI is InChI=1S/C32H30Cl3N3O4S/c1-22-11-14-27(15-12-22)43(41,42)38(29-19-26(34)13-16-28(29)35)21-31(39)37(20-24-9-6-10-25(33)17-24)30(32(40)36-2)18-23-7-4-3-5-8-23/h3-17,19,30H,18,20-21H2,1-2H3,(H,36,40)/t30-/m1/s1. The molecule has 0 aliphatic heterocycles. The summed E-state index contributed by atoms with van der Waals surface area (Å²) in [5, 5.41) is 3.43. The van der Waals surface area contributed by atoms with Crippen molar-refractivity contribution in [1.29, 1.82) is 0 Å². The second-order valence-electron chi connectivity index (χ2n) is 9.89. The quantitative estimate of drug-likeness (QED) is 0.198. The number of aryl methyl sites for hydroxylation is 1. The Balaban J connectivity index is 1.82. The highest BCUT2D eigenvalue weighted by atomic mass is 35.5. The van der Waals surface area contributed by atoms with Crippen LogP contribution in [0.5, 0.6) is 0 Å². The van der Waals surface area contributed by atoms with Gasteiger partial charge in [0.15, 0.2) is 0 Å². The van der Waals surface area contributed by atoms with Gasteiger partial charge in [-0.15, -0.1) is 0 Å². The van der Waals surface area contributed by atoms with E-state index in [0.29, 0.717) is 10.6 Å². The molecule has 11 heteroatoms. The first-order chi connectivity index (χ1) is 20.5. The predicted octanol–water partition coefficient (Wildman–Crippen LogP) is 6.54. The average molecular weight is 659 g/mol. The minimum atomic E-state index is -4.31. The molecule has 0 aromatic heterocycles. The molecule has 0 aliphatic rings. The number of likely N-dealkylation sites (N-methyl/N-ethyl adjacent to an activating group) is 1. The summed E-state index contributed by atoms with van der Waals surface area (Å²) >= 11 is 19.0. The van der Waals surface area contributed by atoms with Crippen LogP contribution in [-0.2, 0) is 32.6 Å². The number of amides is 2. The normalized spacial score (nSPS) is 11.9. The van der Waals surface area contributed by atoms with Crippen molar-refractivity contribution in [3.63, 3.8) is 0 Å². The van der Waals surface area contributed by atoms with Crippen LogP contribution in [0.3, 0.4) is 0 Å². The van der Waals surface area contributed by atoms with Crippen LogP contribution in [0, 0.1) is 6.92 Å². The van der Waals surface area contributed by atoms with E-state index in [0.717, 1.165) is 15.4 Å². The van der Waals surface area contributed by atoms with Crippen molar-refractivity contribution in [3.8, 4) is 0 Å². The topological polar surface area (TPSA) is 86.8 Å². The number of hydrogen-bond acceptors (Lipinski definition) is 4. The molecule has 4 aromatic carbocycles. The lowest BCUT2D eigenvalue weighted by atomic mass is 10.0. The third kappa shape index (κ3) is 8.09. The highest BCUT2D eigenvalue weighted by molar-refractivity contribution is 7.92. The van der Waals surface area contributed by atoms with E-state index in [9.17, 15) is 18.0 Å². The zero-order valence-corrected chi connectivity index (χ0v) is 26.6. The molecule has 43 heavy (non-hydrogen) atoms. The molecule has 0 unspecified atom stereocenters. The fourth-order valence-electron chi connectivity index (χ4n) is 4.58.